The minimum absolute atomic E-state index is 0.0229. The minimum Gasteiger partial charge on any atom is -0.481 e. The molecule has 0 fully saturated rings. The summed E-state index contributed by atoms with van der Waals surface area (Å²) in [4.78, 5) is 30.8. The molecule has 0 saturated carbocycles. The van der Waals surface area contributed by atoms with Gasteiger partial charge in [0, 0.05) is 19.9 Å². The van der Waals surface area contributed by atoms with Crippen molar-refractivity contribution in [1.29, 1.82) is 0 Å². The van der Waals surface area contributed by atoms with E-state index in [0.717, 1.165) is 0 Å². The first-order valence-electron chi connectivity index (χ1n) is 5.81. The van der Waals surface area contributed by atoms with Gasteiger partial charge in [-0.1, -0.05) is 0 Å². The summed E-state index contributed by atoms with van der Waals surface area (Å²) in [6.07, 6.45) is 0.169. The molecule has 0 radical (unpaired) electrons. The maximum absolute atomic E-state index is 10.5. The molecule has 1 amide bonds. The molecule has 0 aromatic rings. The van der Waals surface area contributed by atoms with Crippen LogP contribution in [0.2, 0.25) is 0 Å². The summed E-state index contributed by atoms with van der Waals surface area (Å²) in [6, 6.07) is 0. The van der Waals surface area contributed by atoms with E-state index in [2.05, 4.69) is 10.1 Å². The molecule has 0 rings (SSSR count). The summed E-state index contributed by atoms with van der Waals surface area (Å²) in [5.74, 6) is -1.25. The number of esters is 1. The van der Waals surface area contributed by atoms with Gasteiger partial charge in [-0.3, -0.25) is 9.59 Å². The second-order valence-corrected chi connectivity index (χ2v) is 4.58. The summed E-state index contributed by atoms with van der Waals surface area (Å²) in [5.41, 5.74) is -0.389. The highest BCUT2D eigenvalue weighted by atomic mass is 16.6. The lowest BCUT2D eigenvalue weighted by molar-refractivity contribution is -0.141. The van der Waals surface area contributed by atoms with Gasteiger partial charge < -0.3 is 19.9 Å². The number of rotatable bonds is 4. The third-order valence-electron chi connectivity index (χ3n) is 1.60. The van der Waals surface area contributed by atoms with Gasteiger partial charge in [-0.25, -0.2) is 4.79 Å². The van der Waals surface area contributed by atoms with Crippen molar-refractivity contribution in [2.24, 2.45) is 0 Å². The van der Waals surface area contributed by atoms with E-state index in [4.69, 9.17) is 9.84 Å². The van der Waals surface area contributed by atoms with E-state index in [1.54, 1.807) is 0 Å². The highest BCUT2D eigenvalue weighted by Gasteiger charge is 2.13. The molecule has 0 aromatic carbocycles. The van der Waals surface area contributed by atoms with Crippen LogP contribution in [0.25, 0.3) is 0 Å². The Kier molecular flexibility index (Phi) is 10.5. The number of carbonyl (C=O) groups is 3. The predicted octanol–water partition coefficient (Wildman–Crippen LogP) is 1.56. The smallest absolute Gasteiger partial charge is 0.407 e. The normalized spacial score (nSPS) is 9.74. The summed E-state index contributed by atoms with van der Waals surface area (Å²) in [5, 5.41) is 10.5. The van der Waals surface area contributed by atoms with Crippen LogP contribution in [0.15, 0.2) is 0 Å². The molecule has 0 saturated heterocycles. The highest BCUT2D eigenvalue weighted by Crippen LogP contribution is 2.05. The van der Waals surface area contributed by atoms with Crippen LogP contribution < -0.4 is 5.32 Å². The van der Waals surface area contributed by atoms with Gasteiger partial charge in [0.1, 0.15) is 5.60 Å². The molecule has 7 nitrogen and oxygen atoms in total. The molecule has 0 aliphatic rings. The van der Waals surface area contributed by atoms with Gasteiger partial charge in [-0.2, -0.15) is 0 Å². The number of aliphatic carboxylic acids is 1. The van der Waals surface area contributed by atoms with Crippen LogP contribution >= 0.6 is 0 Å². The quantitative estimate of drug-likeness (QED) is 0.756. The third kappa shape index (κ3) is 18.8. The number of hydrogen-bond donors (Lipinski definition) is 2. The maximum atomic E-state index is 10.5. The standard InChI is InChI=1S/C6H13NO2.C6H10O4/c1-6(2,3)9-5(8)7-4;1-10-6(9)4-2-3-5(7)8/h1-4H3,(H,7,8);2-4H2,1H3,(H,7,8). The van der Waals surface area contributed by atoms with Crippen LogP contribution in [-0.4, -0.2) is 42.9 Å². The largest absolute Gasteiger partial charge is 0.481 e. The van der Waals surface area contributed by atoms with Crippen LogP contribution in [-0.2, 0) is 19.1 Å². The first-order valence-corrected chi connectivity index (χ1v) is 5.81. The Morgan fingerprint density at radius 1 is 1.16 bits per heavy atom. The van der Waals surface area contributed by atoms with Crippen molar-refractivity contribution in [1.82, 2.24) is 5.32 Å². The van der Waals surface area contributed by atoms with Crippen molar-refractivity contribution < 1.29 is 29.0 Å². The number of ether oxygens (including phenoxy) is 2. The average molecular weight is 277 g/mol. The Morgan fingerprint density at radius 3 is 1.95 bits per heavy atom. The van der Waals surface area contributed by atoms with E-state index in [0.29, 0.717) is 6.42 Å². The molecule has 0 atom stereocenters. The molecule has 7 heteroatoms. The molecule has 0 aliphatic carbocycles. The molecule has 0 heterocycles. The first-order chi connectivity index (χ1) is 8.62. The Labute approximate surface area is 113 Å². The second kappa shape index (κ2) is 10.2. The zero-order valence-corrected chi connectivity index (χ0v) is 12.1. The van der Waals surface area contributed by atoms with Crippen LogP contribution in [0.1, 0.15) is 40.0 Å². The van der Waals surface area contributed by atoms with Crippen molar-refractivity contribution in [3.8, 4) is 0 Å². The average Bonchev–Trinajstić information content (AvgIpc) is 2.26. The van der Waals surface area contributed by atoms with Crippen molar-refractivity contribution in [3.05, 3.63) is 0 Å². The van der Waals surface area contributed by atoms with Crippen LogP contribution in [0.3, 0.4) is 0 Å². The molecule has 0 unspecified atom stereocenters. The fraction of sp³-hybridized carbons (Fsp3) is 0.750. The van der Waals surface area contributed by atoms with Crippen LogP contribution in [0, 0.1) is 0 Å². The molecule has 19 heavy (non-hydrogen) atoms. The summed E-state index contributed by atoms with van der Waals surface area (Å²) < 4.78 is 9.14. The van der Waals surface area contributed by atoms with Gasteiger partial charge in [0.25, 0.3) is 0 Å². The summed E-state index contributed by atoms with van der Waals surface area (Å²) in [7, 11) is 2.82. The van der Waals surface area contributed by atoms with E-state index < -0.39 is 5.97 Å². The fourth-order valence-corrected chi connectivity index (χ4v) is 0.815. The monoisotopic (exact) mass is 277 g/mol. The van der Waals surface area contributed by atoms with Gasteiger partial charge >= 0.3 is 18.0 Å². The van der Waals surface area contributed by atoms with Gasteiger partial charge in [0.2, 0.25) is 0 Å². The summed E-state index contributed by atoms with van der Waals surface area (Å²) in [6.45, 7) is 5.46. The number of carboxylic acids is 1. The zero-order valence-electron chi connectivity index (χ0n) is 12.1. The molecule has 2 N–H and O–H groups in total. The predicted molar refractivity (Wildman–Crippen MR) is 68.8 cm³/mol. The topological polar surface area (TPSA) is 102 Å². The summed E-state index contributed by atoms with van der Waals surface area (Å²) >= 11 is 0. The second-order valence-electron chi connectivity index (χ2n) is 4.58. The number of amides is 1. The zero-order chi connectivity index (χ0) is 15.5. The van der Waals surface area contributed by atoms with E-state index >= 15 is 0 Å². The van der Waals surface area contributed by atoms with Gasteiger partial charge in [-0.15, -0.1) is 0 Å². The molecule has 0 spiro atoms. The Hall–Kier alpha value is -1.79. The lowest BCUT2D eigenvalue weighted by Crippen LogP contribution is -2.30. The van der Waals surface area contributed by atoms with Crippen LogP contribution in [0.4, 0.5) is 4.79 Å². The van der Waals surface area contributed by atoms with Gasteiger partial charge in [0.15, 0.2) is 0 Å². The van der Waals surface area contributed by atoms with Crippen molar-refractivity contribution >= 4 is 18.0 Å². The first kappa shape index (κ1) is 19.5. The number of nitrogens with one attached hydrogen (secondary N) is 1. The number of carbonyl (C=O) groups excluding carboxylic acids is 2. The van der Waals surface area contributed by atoms with Crippen molar-refractivity contribution in [2.75, 3.05) is 14.2 Å². The van der Waals surface area contributed by atoms with Crippen LogP contribution in [0.5, 0.6) is 0 Å². The van der Waals surface area contributed by atoms with E-state index in [1.807, 2.05) is 20.8 Å². The number of hydrogen-bond acceptors (Lipinski definition) is 5. The minimum atomic E-state index is -0.885. The third-order valence-corrected chi connectivity index (χ3v) is 1.60. The van der Waals surface area contributed by atoms with E-state index in [-0.39, 0.29) is 30.5 Å². The van der Waals surface area contributed by atoms with Gasteiger partial charge in [-0.05, 0) is 27.2 Å². The van der Waals surface area contributed by atoms with Gasteiger partial charge in [0.05, 0.1) is 7.11 Å². The van der Waals surface area contributed by atoms with E-state index in [9.17, 15) is 14.4 Å². The van der Waals surface area contributed by atoms with E-state index in [1.165, 1.54) is 14.2 Å². The number of carboxylic acid groups (broad SMARTS) is 1. The highest BCUT2D eigenvalue weighted by molar-refractivity contribution is 5.71. The Bertz CT molecular complexity index is 295. The number of alkyl carbamates (subject to hydrolysis) is 1. The molecule has 0 aliphatic heterocycles. The molecule has 0 aromatic heterocycles. The number of methoxy groups -OCH3 is 1. The van der Waals surface area contributed by atoms with Crippen molar-refractivity contribution in [3.63, 3.8) is 0 Å². The van der Waals surface area contributed by atoms with Crippen molar-refractivity contribution in [2.45, 2.75) is 45.6 Å². The molecular formula is C12H23NO6. The SMILES string of the molecule is CNC(=O)OC(C)(C)C.COC(=O)CCCC(=O)O. The lowest BCUT2D eigenvalue weighted by Gasteiger charge is -2.18. The lowest BCUT2D eigenvalue weighted by atomic mass is 10.2. The fourth-order valence-electron chi connectivity index (χ4n) is 0.815. The maximum Gasteiger partial charge on any atom is 0.407 e. The Balaban J connectivity index is 0. The molecule has 112 valence electrons. The molecule has 0 bridgehead atoms. The Morgan fingerprint density at radius 2 is 1.68 bits per heavy atom. The molecular weight excluding hydrogens is 254 g/mol.